The molecule has 562 valence electrons. The molecule has 8 nitrogen and oxygen atoms in total. The van der Waals surface area contributed by atoms with Crippen LogP contribution in [0.4, 0.5) is 51.2 Å². The Labute approximate surface area is 668 Å². The first kappa shape index (κ1) is 78.1. The van der Waals surface area contributed by atoms with Crippen molar-refractivity contribution in [2.24, 2.45) is 11.8 Å². The Balaban J connectivity index is 0.859. The highest BCUT2D eigenvalue weighted by Crippen LogP contribution is 2.49. The highest BCUT2D eigenvalue weighted by Gasteiger charge is 2.24. The number of thiophene rings is 4. The quantitative estimate of drug-likeness (QED) is 0.0232. The van der Waals surface area contributed by atoms with Gasteiger partial charge in [-0.3, -0.25) is 0 Å². The molecule has 0 bridgehead atoms. The van der Waals surface area contributed by atoms with Crippen LogP contribution < -0.4 is 24.2 Å². The van der Waals surface area contributed by atoms with Gasteiger partial charge in [0.15, 0.2) is 0 Å². The lowest BCUT2D eigenvalue weighted by Gasteiger charge is -2.30. The highest BCUT2D eigenvalue weighted by molar-refractivity contribution is 7.29. The molecule has 2 atom stereocenters. The van der Waals surface area contributed by atoms with Gasteiger partial charge < -0.3 is 29.3 Å². The SMILES string of the molecule is CCCCCCc1cc(-c2ccc(-c3ccc(-c4cc(CCCCCC)c(-c5ccc(N(c6ccc(N(c7ccc(OCC(CC)CCCC)cc7)c7cccc8ccccc78)cc6)c6ccc(N(c7ccc(OCC(CC)CCCC)cc7)c7cccc8ccccc78)cc6)cc5)s4)s3)s2)sc1/C=C(\C#N)C(=O)O. The Bertz CT molecular complexity index is 5000. The molecule has 0 saturated heterocycles. The average Bonchev–Trinajstić information content (AvgIpc) is 1.05. The first-order chi connectivity index (χ1) is 54.0. The van der Waals surface area contributed by atoms with Crippen molar-refractivity contribution in [3.8, 4) is 57.3 Å². The Morgan fingerprint density at radius 1 is 0.409 bits per heavy atom. The number of hydrogen-bond acceptors (Lipinski definition) is 11. The molecule has 0 amide bonds. The third-order valence-electron chi connectivity index (χ3n) is 21.2. The summed E-state index contributed by atoms with van der Waals surface area (Å²) in [4.78, 5) is 28.5. The standard InChI is InChI=1S/C98H102N4O4S4/c1-7-13-17-19-31-74-63-95(109-94(74)65-76(66-99)98(103)104)92-61-59-90(107-92)91-60-62-93(108-91)96-64-75(32-20-18-14-8-2)97(110-96)73-39-41-77(42-40-73)100(78-43-47-80(48-44-78)101(88-37-25-33-71-29-21-23-35-86(71)88)82-51-55-84(56-52-82)105-67-69(11-5)27-15-9-3)79-45-49-81(50-46-79)102(89-38-26-34-72-30-22-24-36-87(72)89)83-53-57-85(58-54-83)106-68-70(12-6)28-16-10-4/h21-26,29-30,33-65,69-70H,7-20,27-28,31-32,67-68H2,1-6H3,(H,103,104)/b76-65+. The fraction of sp³-hybridized carbons (Fsp3) is 0.286. The number of nitrogens with zero attached hydrogens (tertiary/aromatic N) is 4. The molecule has 13 rings (SSSR count). The van der Waals surface area contributed by atoms with Gasteiger partial charge >= 0.3 is 5.97 Å². The number of nitriles is 1. The molecular weight excluding hydrogens is 1430 g/mol. The number of benzene rings is 9. The summed E-state index contributed by atoms with van der Waals surface area (Å²) < 4.78 is 13.0. The monoisotopic (exact) mass is 1530 g/mol. The van der Waals surface area contributed by atoms with E-state index in [9.17, 15) is 15.2 Å². The molecule has 1 N–H and O–H groups in total. The molecule has 0 aliphatic heterocycles. The van der Waals surface area contributed by atoms with Crippen LogP contribution in [0.5, 0.6) is 11.5 Å². The van der Waals surface area contributed by atoms with Gasteiger partial charge in [-0.25, -0.2) is 4.79 Å². The second kappa shape index (κ2) is 38.6. The minimum absolute atomic E-state index is 0.238. The van der Waals surface area contributed by atoms with Crippen LogP contribution in [0.3, 0.4) is 0 Å². The van der Waals surface area contributed by atoms with Gasteiger partial charge in [0.05, 0.1) is 24.6 Å². The molecule has 12 heteroatoms. The number of carboxylic acids is 1. The number of hydrogen-bond donors (Lipinski definition) is 1. The molecule has 0 saturated carbocycles. The fourth-order valence-corrected chi connectivity index (χ4v) is 19.4. The molecule has 9 aromatic carbocycles. The second-order valence-electron chi connectivity index (χ2n) is 28.9. The fourth-order valence-electron chi connectivity index (χ4n) is 14.8. The van der Waals surface area contributed by atoms with E-state index < -0.39 is 5.97 Å². The van der Waals surface area contributed by atoms with E-state index in [0.29, 0.717) is 11.8 Å². The lowest BCUT2D eigenvalue weighted by molar-refractivity contribution is -0.132. The molecule has 4 aromatic heterocycles. The first-order valence-corrected chi connectivity index (χ1v) is 43.3. The normalized spacial score (nSPS) is 12.1. The average molecular weight is 1530 g/mol. The van der Waals surface area contributed by atoms with Crippen LogP contribution in [0.15, 0.2) is 248 Å². The summed E-state index contributed by atoms with van der Waals surface area (Å²) in [6.07, 6.45) is 22.0. The van der Waals surface area contributed by atoms with Crippen molar-refractivity contribution in [3.05, 3.63) is 264 Å². The Morgan fingerprint density at radius 2 is 0.791 bits per heavy atom. The highest BCUT2D eigenvalue weighted by atomic mass is 32.1. The number of unbranched alkanes of at least 4 members (excludes halogenated alkanes) is 8. The Morgan fingerprint density at radius 3 is 1.22 bits per heavy atom. The van der Waals surface area contributed by atoms with E-state index in [2.05, 4.69) is 299 Å². The van der Waals surface area contributed by atoms with Crippen LogP contribution in [0.1, 0.15) is 160 Å². The van der Waals surface area contributed by atoms with Gasteiger partial charge in [0.1, 0.15) is 23.1 Å². The van der Waals surface area contributed by atoms with Gasteiger partial charge in [-0.05, 0) is 242 Å². The van der Waals surface area contributed by atoms with Gasteiger partial charge in [0.2, 0.25) is 0 Å². The summed E-state index contributed by atoms with van der Waals surface area (Å²) in [5.74, 6) is 1.64. The van der Waals surface area contributed by atoms with Crippen molar-refractivity contribution in [2.75, 3.05) is 27.9 Å². The van der Waals surface area contributed by atoms with E-state index >= 15 is 0 Å². The number of aryl methyl sites for hydroxylation is 2. The van der Waals surface area contributed by atoms with Crippen molar-refractivity contribution in [1.29, 1.82) is 5.26 Å². The number of anilines is 9. The number of rotatable bonds is 39. The molecule has 110 heavy (non-hydrogen) atoms. The molecule has 0 radical (unpaired) electrons. The van der Waals surface area contributed by atoms with Crippen LogP contribution in [0, 0.1) is 23.2 Å². The molecule has 4 heterocycles. The van der Waals surface area contributed by atoms with Crippen molar-refractivity contribution < 1.29 is 19.4 Å². The summed E-state index contributed by atoms with van der Waals surface area (Å²) in [5, 5.41) is 24.2. The van der Waals surface area contributed by atoms with Crippen LogP contribution >= 0.6 is 45.3 Å². The zero-order chi connectivity index (χ0) is 76.1. The van der Waals surface area contributed by atoms with Gasteiger partial charge in [0.25, 0.3) is 0 Å². The van der Waals surface area contributed by atoms with E-state index in [1.165, 1.54) is 115 Å². The van der Waals surface area contributed by atoms with Crippen LogP contribution in [-0.2, 0) is 17.6 Å². The summed E-state index contributed by atoms with van der Waals surface area (Å²) in [7, 11) is 0. The maximum atomic E-state index is 12.0. The third kappa shape index (κ3) is 19.1. The van der Waals surface area contributed by atoms with Crippen molar-refractivity contribution in [1.82, 2.24) is 0 Å². The van der Waals surface area contributed by atoms with Crippen LogP contribution in [0.25, 0.3) is 67.3 Å². The molecule has 2 unspecified atom stereocenters. The predicted octanol–water partition coefficient (Wildman–Crippen LogP) is 30.7. The minimum Gasteiger partial charge on any atom is -0.493 e. The molecule has 0 aliphatic rings. The number of carbonyl (C=O) groups is 1. The van der Waals surface area contributed by atoms with Crippen molar-refractivity contribution in [2.45, 2.75) is 157 Å². The number of aliphatic carboxylic acids is 1. The van der Waals surface area contributed by atoms with Crippen LogP contribution in [0.2, 0.25) is 0 Å². The summed E-state index contributed by atoms with van der Waals surface area (Å²) >= 11 is 7.08. The zero-order valence-electron chi connectivity index (χ0n) is 64.6. The first-order valence-electron chi connectivity index (χ1n) is 40.0. The molecule has 0 spiro atoms. The predicted molar refractivity (Wildman–Crippen MR) is 473 cm³/mol. The van der Waals surface area contributed by atoms with E-state index in [1.807, 2.05) is 28.7 Å². The van der Waals surface area contributed by atoms with Crippen molar-refractivity contribution >= 4 is 130 Å². The van der Waals surface area contributed by atoms with Gasteiger partial charge in [-0.1, -0.05) is 204 Å². The molecule has 0 aliphatic carbocycles. The minimum atomic E-state index is -1.20. The van der Waals surface area contributed by atoms with E-state index in [4.69, 9.17) is 9.47 Å². The number of carboxylic acid groups (broad SMARTS) is 1. The maximum Gasteiger partial charge on any atom is 0.346 e. The summed E-state index contributed by atoms with van der Waals surface area (Å²) in [5.41, 5.74) is 12.9. The number of fused-ring (bicyclic) bond motifs is 2. The lowest BCUT2D eigenvalue weighted by atomic mass is 10.0. The largest absolute Gasteiger partial charge is 0.493 e. The smallest absolute Gasteiger partial charge is 0.346 e. The zero-order valence-corrected chi connectivity index (χ0v) is 67.8. The van der Waals surface area contributed by atoms with Crippen molar-refractivity contribution in [3.63, 3.8) is 0 Å². The lowest BCUT2D eigenvalue weighted by Crippen LogP contribution is -2.14. The number of ether oxygens (including phenoxy) is 2. The maximum absolute atomic E-state index is 12.0. The third-order valence-corrected chi connectivity index (χ3v) is 26.3. The summed E-state index contributed by atoms with van der Waals surface area (Å²) in [6.45, 7) is 15.0. The Kier molecular flexibility index (Phi) is 27.4. The van der Waals surface area contributed by atoms with Crippen LogP contribution in [-0.4, -0.2) is 24.3 Å². The van der Waals surface area contributed by atoms with Gasteiger partial charge in [0, 0.05) is 89.6 Å². The molecule has 0 fully saturated rings. The topological polar surface area (TPSA) is 89.3 Å². The molecular formula is C98H102N4O4S4. The summed E-state index contributed by atoms with van der Waals surface area (Å²) in [6, 6.07) is 90.9. The van der Waals surface area contributed by atoms with Gasteiger partial charge in [-0.15, -0.1) is 45.3 Å². The second-order valence-corrected chi connectivity index (χ2v) is 33.2. The van der Waals surface area contributed by atoms with E-state index in [-0.39, 0.29) is 5.57 Å². The Hall–Kier alpha value is -10.0. The van der Waals surface area contributed by atoms with Gasteiger partial charge in [-0.2, -0.15) is 5.26 Å². The van der Waals surface area contributed by atoms with E-state index in [0.717, 1.165) is 154 Å². The molecule has 13 aromatic rings. The van der Waals surface area contributed by atoms with E-state index in [1.54, 1.807) is 28.7 Å².